The number of rotatable bonds is 4. The van der Waals surface area contributed by atoms with Gasteiger partial charge in [-0.1, -0.05) is 90.0 Å². The maximum atomic E-state index is 13.9. The van der Waals surface area contributed by atoms with Crippen molar-refractivity contribution in [2.75, 3.05) is 13.1 Å². The van der Waals surface area contributed by atoms with Crippen LogP contribution in [0.3, 0.4) is 0 Å². The molecule has 12 heteroatoms. The van der Waals surface area contributed by atoms with Gasteiger partial charge in [0.2, 0.25) is 0 Å². The fraction of sp³-hybridized carbons (Fsp3) is 0.154. The van der Waals surface area contributed by atoms with Gasteiger partial charge in [-0.05, 0) is 104 Å². The van der Waals surface area contributed by atoms with Gasteiger partial charge in [0.15, 0.2) is 0 Å². The second kappa shape index (κ2) is 20.6. The molecule has 1 aliphatic heterocycles. The summed E-state index contributed by atoms with van der Waals surface area (Å²) in [4.78, 5) is 27.8. The van der Waals surface area contributed by atoms with E-state index in [1.807, 2.05) is 135 Å². The van der Waals surface area contributed by atoms with Gasteiger partial charge in [0.25, 0.3) is 11.8 Å². The Balaban J connectivity index is 1.08. The van der Waals surface area contributed by atoms with Crippen molar-refractivity contribution in [1.29, 1.82) is 0 Å². The summed E-state index contributed by atoms with van der Waals surface area (Å²) in [5.74, 6) is 1.13. The maximum Gasteiger partial charge on any atom is 0.255 e. The van der Waals surface area contributed by atoms with Crippen molar-refractivity contribution in [2.45, 2.75) is 40.3 Å². The second-order valence-corrected chi connectivity index (χ2v) is 15.1. The normalized spacial score (nSPS) is 13.8. The van der Waals surface area contributed by atoms with Crippen LogP contribution in [0, 0.1) is 13.8 Å². The second-order valence-electron chi connectivity index (χ2n) is 15.1. The third-order valence-corrected chi connectivity index (χ3v) is 10.2. The van der Waals surface area contributed by atoms with Crippen LogP contribution in [-0.4, -0.2) is 24.9 Å². The van der Waals surface area contributed by atoms with Crippen LogP contribution < -0.4 is 29.6 Å². The van der Waals surface area contributed by atoms with Crippen molar-refractivity contribution in [3.8, 4) is 23.0 Å². The van der Waals surface area contributed by atoms with E-state index in [0.29, 0.717) is 59.0 Å². The van der Waals surface area contributed by atoms with Crippen LogP contribution in [0.15, 0.2) is 178 Å². The summed E-state index contributed by atoms with van der Waals surface area (Å²) in [6.07, 6.45) is 0. The maximum absolute atomic E-state index is 13.9. The first kappa shape index (κ1) is 42.6. The van der Waals surface area contributed by atoms with E-state index in [9.17, 15) is 9.59 Å². The lowest BCUT2D eigenvalue weighted by Crippen LogP contribution is -2.35. The van der Waals surface area contributed by atoms with Gasteiger partial charge in [0.05, 0.1) is 33.9 Å². The summed E-state index contributed by atoms with van der Waals surface area (Å²) in [7, 11) is 0. The number of carbonyl (C=O) groups is 2. The Kier molecular flexibility index (Phi) is 13.7. The lowest BCUT2D eigenvalue weighted by molar-refractivity contribution is 0.0922. The predicted octanol–water partition coefficient (Wildman–Crippen LogP) is 11.9. The molecule has 2 N–H and O–H groups in total. The molecule has 8 rings (SSSR count). The molecule has 7 aromatic carbocycles. The van der Waals surface area contributed by atoms with Crippen LogP contribution in [0.2, 0.25) is 0 Å². The average molecular weight is 851 g/mol. The van der Waals surface area contributed by atoms with Crippen LogP contribution in [0.1, 0.15) is 54.1 Å². The Morgan fingerprint density at radius 2 is 0.781 bits per heavy atom. The molecule has 1 heterocycles. The van der Waals surface area contributed by atoms with E-state index in [4.69, 9.17) is 18.9 Å². The third kappa shape index (κ3) is 11.4. The van der Waals surface area contributed by atoms with Gasteiger partial charge in [-0.25, -0.2) is 0 Å². The summed E-state index contributed by atoms with van der Waals surface area (Å²) in [6, 6.07) is 48.8. The Morgan fingerprint density at radius 1 is 0.391 bits per heavy atom. The molecule has 0 spiro atoms. The largest absolute Gasteiger partial charge is 0.488 e. The summed E-state index contributed by atoms with van der Waals surface area (Å²) in [5.41, 5.74) is 8.49. The van der Waals surface area contributed by atoms with E-state index in [2.05, 4.69) is 31.1 Å². The summed E-state index contributed by atoms with van der Waals surface area (Å²) in [6.45, 7) is 5.07. The van der Waals surface area contributed by atoms with Crippen LogP contribution in [0.5, 0.6) is 23.0 Å². The van der Waals surface area contributed by atoms with Crippen LogP contribution in [0.25, 0.3) is 0 Å². The number of benzene rings is 7. The van der Waals surface area contributed by atoms with Gasteiger partial charge in [0.1, 0.15) is 49.4 Å². The summed E-state index contributed by atoms with van der Waals surface area (Å²) < 4.78 is 25.3. The van der Waals surface area contributed by atoms with Crippen molar-refractivity contribution in [1.82, 2.24) is 10.6 Å². The van der Waals surface area contributed by atoms with E-state index in [1.54, 1.807) is 36.4 Å². The first-order chi connectivity index (χ1) is 31.3. The molecule has 12 nitrogen and oxygen atoms in total. The molecule has 0 saturated heterocycles. The van der Waals surface area contributed by atoms with Gasteiger partial charge in [-0.15, -0.1) is 0 Å². The van der Waals surface area contributed by atoms with Gasteiger partial charge < -0.3 is 29.6 Å². The van der Waals surface area contributed by atoms with Crippen molar-refractivity contribution in [2.24, 2.45) is 20.5 Å². The van der Waals surface area contributed by atoms with E-state index in [-0.39, 0.29) is 37.4 Å². The number of nitrogens with one attached hydrogen (secondary N) is 2. The van der Waals surface area contributed by atoms with Crippen LogP contribution in [-0.2, 0) is 26.4 Å². The topological polar surface area (TPSA) is 145 Å². The van der Waals surface area contributed by atoms with Crippen molar-refractivity contribution < 1.29 is 28.5 Å². The molecule has 7 aromatic rings. The third-order valence-electron chi connectivity index (χ3n) is 10.2. The highest BCUT2D eigenvalue weighted by Crippen LogP contribution is 2.31. The minimum absolute atomic E-state index is 0.101. The molecule has 0 saturated carbocycles. The number of hydrogen-bond acceptors (Lipinski definition) is 10. The number of fused-ring (bicyclic) bond motifs is 6. The Hall–Kier alpha value is -8.12. The zero-order valence-corrected chi connectivity index (χ0v) is 35.5. The Bertz CT molecular complexity index is 2620. The molecule has 0 aromatic heterocycles. The predicted molar refractivity (Wildman–Crippen MR) is 245 cm³/mol. The molecule has 2 bridgehead atoms. The van der Waals surface area contributed by atoms with E-state index in [1.165, 1.54) is 0 Å². The van der Waals surface area contributed by atoms with Gasteiger partial charge in [-0.3, -0.25) is 9.59 Å². The standard InChI is InChI=1S/C52H46N6O6/c1-35-14-18-41(19-15-35)55-57-43-22-24-49-45(29-43)51(59)53-26-27-54-52(60)46-30-44(58-56-42-20-16-36(2)17-21-42)23-25-50(46)64-34-40-11-4-6-13-48(40)62-32-38-9-7-8-37(28-38)31-61-47-12-5-3-10-39(47)33-63-49/h3-25,28-30H,26-27,31-34H2,1-2H3,(H,53,59)(H,54,60). The SMILES string of the molecule is Cc1ccc(N=Nc2ccc3c(c2)C(=O)NCCNC(=O)c2cc(N=Nc4ccc(C)cc4)ccc2OCc2ccccc2OCc2cccc(c2)COc2ccccc2CO3)cc1. The van der Waals surface area contributed by atoms with Gasteiger partial charge in [0, 0.05) is 24.2 Å². The molecule has 1 aliphatic rings. The molecule has 2 amide bonds. The number of azo groups is 2. The minimum Gasteiger partial charge on any atom is -0.488 e. The number of hydrogen-bond donors (Lipinski definition) is 2. The quantitative estimate of drug-likeness (QED) is 0.169. The highest BCUT2D eigenvalue weighted by atomic mass is 16.5. The van der Waals surface area contributed by atoms with E-state index in [0.717, 1.165) is 33.4 Å². The molecule has 0 atom stereocenters. The monoisotopic (exact) mass is 850 g/mol. The number of nitrogens with zero attached hydrogens (tertiary/aromatic N) is 4. The number of amides is 2. The number of ether oxygens (including phenoxy) is 4. The molecule has 0 aliphatic carbocycles. The first-order valence-electron chi connectivity index (χ1n) is 20.9. The highest BCUT2D eigenvalue weighted by molar-refractivity contribution is 5.99. The lowest BCUT2D eigenvalue weighted by atomic mass is 10.1. The fourth-order valence-electron chi connectivity index (χ4n) is 6.73. The van der Waals surface area contributed by atoms with Gasteiger partial charge in [-0.2, -0.15) is 20.5 Å². The van der Waals surface area contributed by atoms with Gasteiger partial charge >= 0.3 is 0 Å². The molecule has 0 unspecified atom stereocenters. The highest BCUT2D eigenvalue weighted by Gasteiger charge is 2.18. The number of carbonyl (C=O) groups excluding carboxylic acids is 2. The van der Waals surface area contributed by atoms with E-state index >= 15 is 0 Å². The Labute approximate surface area is 371 Å². The lowest BCUT2D eigenvalue weighted by Gasteiger charge is -2.15. The zero-order valence-electron chi connectivity index (χ0n) is 35.5. The molecule has 64 heavy (non-hydrogen) atoms. The van der Waals surface area contributed by atoms with Crippen molar-refractivity contribution >= 4 is 34.6 Å². The zero-order chi connectivity index (χ0) is 44.1. The van der Waals surface area contributed by atoms with Crippen molar-refractivity contribution in [3.05, 3.63) is 202 Å². The smallest absolute Gasteiger partial charge is 0.255 e. The van der Waals surface area contributed by atoms with E-state index < -0.39 is 11.8 Å². The van der Waals surface area contributed by atoms with Crippen LogP contribution >= 0.6 is 0 Å². The molecular formula is C52H46N6O6. The number of para-hydroxylation sites is 2. The average Bonchev–Trinajstić information content (AvgIpc) is 3.32. The number of aryl methyl sites for hydroxylation is 2. The summed E-state index contributed by atoms with van der Waals surface area (Å²) in [5, 5.41) is 23.4. The van der Waals surface area contributed by atoms with Crippen LogP contribution in [0.4, 0.5) is 22.7 Å². The molecule has 0 fully saturated rings. The Morgan fingerprint density at radius 3 is 1.23 bits per heavy atom. The fourth-order valence-corrected chi connectivity index (χ4v) is 6.73. The molecular weight excluding hydrogens is 805 g/mol. The molecule has 0 radical (unpaired) electrons. The first-order valence-corrected chi connectivity index (χ1v) is 20.9. The van der Waals surface area contributed by atoms with Crippen molar-refractivity contribution in [3.63, 3.8) is 0 Å². The molecule has 320 valence electrons. The minimum atomic E-state index is -0.421. The summed E-state index contributed by atoms with van der Waals surface area (Å²) >= 11 is 0.